The van der Waals surface area contributed by atoms with Crippen molar-refractivity contribution in [3.63, 3.8) is 0 Å². The van der Waals surface area contributed by atoms with Crippen LogP contribution in [0.25, 0.3) is 0 Å². The van der Waals surface area contributed by atoms with E-state index in [2.05, 4.69) is 16.9 Å². The van der Waals surface area contributed by atoms with E-state index in [0.29, 0.717) is 19.4 Å². The first-order valence-electron chi connectivity index (χ1n) is 11.0. The zero-order chi connectivity index (χ0) is 20.6. The van der Waals surface area contributed by atoms with E-state index in [1.807, 2.05) is 6.92 Å². The minimum Gasteiger partial charge on any atom is -0.469 e. The lowest BCUT2D eigenvalue weighted by Gasteiger charge is -2.32. The van der Waals surface area contributed by atoms with Crippen LogP contribution < -0.4 is 0 Å². The maximum absolute atomic E-state index is 11.2. The Morgan fingerprint density at radius 1 is 1.24 bits per heavy atom. The molecule has 0 radical (unpaired) electrons. The van der Waals surface area contributed by atoms with Crippen LogP contribution in [0.1, 0.15) is 58.3 Å². The van der Waals surface area contributed by atoms with Gasteiger partial charge in [-0.2, -0.15) is 0 Å². The summed E-state index contributed by atoms with van der Waals surface area (Å²) in [4.78, 5) is 11.2. The van der Waals surface area contributed by atoms with Gasteiger partial charge < -0.3 is 28.8 Å². The van der Waals surface area contributed by atoms with Crippen molar-refractivity contribution >= 4 is 5.97 Å². The predicted molar refractivity (Wildman–Crippen MR) is 106 cm³/mol. The van der Waals surface area contributed by atoms with Crippen LogP contribution in [-0.2, 0) is 28.5 Å². The molecule has 0 aromatic carbocycles. The van der Waals surface area contributed by atoms with E-state index in [-0.39, 0.29) is 42.6 Å². The summed E-state index contributed by atoms with van der Waals surface area (Å²) in [5, 5.41) is 10.8. The molecule has 29 heavy (non-hydrogen) atoms. The summed E-state index contributed by atoms with van der Waals surface area (Å²) in [5.74, 6) is -0.0540. The molecule has 7 atom stereocenters. The number of hydrogen-bond acceptors (Lipinski definition) is 7. The number of rotatable bonds is 9. The highest BCUT2D eigenvalue weighted by Gasteiger charge is 2.49. The molecule has 1 saturated carbocycles. The van der Waals surface area contributed by atoms with E-state index >= 15 is 0 Å². The van der Waals surface area contributed by atoms with Crippen LogP contribution in [-0.4, -0.2) is 62.3 Å². The second-order valence-electron chi connectivity index (χ2n) is 8.27. The Morgan fingerprint density at radius 2 is 2.10 bits per heavy atom. The monoisotopic (exact) mass is 412 g/mol. The van der Waals surface area contributed by atoms with Crippen LogP contribution in [0.3, 0.4) is 0 Å². The van der Waals surface area contributed by atoms with E-state index in [0.717, 1.165) is 45.1 Å². The van der Waals surface area contributed by atoms with Crippen LogP contribution in [0.2, 0.25) is 0 Å². The molecular weight excluding hydrogens is 376 g/mol. The van der Waals surface area contributed by atoms with Gasteiger partial charge in [0.15, 0.2) is 12.6 Å². The van der Waals surface area contributed by atoms with Gasteiger partial charge in [0, 0.05) is 25.4 Å². The second-order valence-corrected chi connectivity index (χ2v) is 8.27. The largest absolute Gasteiger partial charge is 0.469 e. The molecule has 2 aliphatic heterocycles. The van der Waals surface area contributed by atoms with Gasteiger partial charge in [0.2, 0.25) is 0 Å². The van der Waals surface area contributed by atoms with Crippen molar-refractivity contribution in [2.45, 2.75) is 89.2 Å². The average molecular weight is 413 g/mol. The molecular formula is C22H36O7. The normalized spacial score (nSPS) is 38.0. The molecule has 3 fully saturated rings. The Hall–Kier alpha value is -0.990. The number of esters is 1. The van der Waals surface area contributed by atoms with Gasteiger partial charge in [-0.15, -0.1) is 0 Å². The number of hydrogen-bond donors (Lipinski definition) is 1. The van der Waals surface area contributed by atoms with Crippen molar-refractivity contribution in [2.24, 2.45) is 11.8 Å². The fourth-order valence-corrected chi connectivity index (χ4v) is 4.69. The molecule has 2 heterocycles. The third-order valence-corrected chi connectivity index (χ3v) is 6.20. The van der Waals surface area contributed by atoms with Gasteiger partial charge in [0.1, 0.15) is 0 Å². The lowest BCUT2D eigenvalue weighted by atomic mass is 9.86. The first-order chi connectivity index (χ1) is 14.1. The average Bonchev–Trinajstić information content (AvgIpc) is 3.27. The van der Waals surface area contributed by atoms with Crippen molar-refractivity contribution in [2.75, 3.05) is 20.3 Å². The number of allylic oxidation sites excluding steroid dienone is 2. The lowest BCUT2D eigenvalue weighted by molar-refractivity contribution is -0.203. The summed E-state index contributed by atoms with van der Waals surface area (Å²) >= 11 is 0. The molecule has 7 heteroatoms. The van der Waals surface area contributed by atoms with Crippen LogP contribution in [0.5, 0.6) is 0 Å². The summed E-state index contributed by atoms with van der Waals surface area (Å²) in [7, 11) is 1.41. The highest BCUT2D eigenvalue weighted by molar-refractivity contribution is 5.69. The minimum absolute atomic E-state index is 0.0550. The Bertz CT molecular complexity index is 531. The van der Waals surface area contributed by atoms with Crippen molar-refractivity contribution in [3.8, 4) is 0 Å². The highest BCUT2D eigenvalue weighted by Crippen LogP contribution is 2.42. The molecule has 1 aliphatic carbocycles. The van der Waals surface area contributed by atoms with Crippen LogP contribution in [0, 0.1) is 11.8 Å². The van der Waals surface area contributed by atoms with Gasteiger partial charge in [0.25, 0.3) is 0 Å². The third-order valence-electron chi connectivity index (χ3n) is 6.20. The van der Waals surface area contributed by atoms with Gasteiger partial charge in [-0.1, -0.05) is 12.2 Å². The van der Waals surface area contributed by atoms with Crippen molar-refractivity contribution < 1.29 is 33.6 Å². The zero-order valence-electron chi connectivity index (χ0n) is 17.7. The first kappa shape index (κ1) is 22.7. The minimum atomic E-state index is -0.437. The summed E-state index contributed by atoms with van der Waals surface area (Å²) in [5.41, 5.74) is 0. The van der Waals surface area contributed by atoms with Gasteiger partial charge >= 0.3 is 5.97 Å². The number of carbonyl (C=O) groups is 1. The number of aliphatic hydroxyl groups excluding tert-OH is 1. The SMILES string of the molecule is COC(=O)CCCC=CC[C@@H]1[C@@H]([C@@H]2COC(C)O2)[C@H](OC2CCCCO2)C[C@@H]1O. The zero-order valence-corrected chi connectivity index (χ0v) is 17.7. The summed E-state index contributed by atoms with van der Waals surface area (Å²) in [6.07, 6.45) is 9.64. The summed E-state index contributed by atoms with van der Waals surface area (Å²) in [6.45, 7) is 3.17. The smallest absolute Gasteiger partial charge is 0.305 e. The Labute approximate surface area is 173 Å². The number of methoxy groups -OCH3 is 1. The van der Waals surface area contributed by atoms with E-state index < -0.39 is 6.10 Å². The molecule has 0 aromatic heterocycles. The number of carbonyl (C=O) groups excluding carboxylic acids is 1. The van der Waals surface area contributed by atoms with E-state index in [1.165, 1.54) is 7.11 Å². The molecule has 7 nitrogen and oxygen atoms in total. The van der Waals surface area contributed by atoms with E-state index in [4.69, 9.17) is 18.9 Å². The molecule has 1 N–H and O–H groups in total. The molecule has 2 unspecified atom stereocenters. The number of ether oxygens (including phenoxy) is 5. The van der Waals surface area contributed by atoms with E-state index in [1.54, 1.807) is 0 Å². The topological polar surface area (TPSA) is 83.5 Å². The van der Waals surface area contributed by atoms with Crippen LogP contribution in [0.15, 0.2) is 12.2 Å². The Morgan fingerprint density at radius 3 is 2.79 bits per heavy atom. The molecule has 2 saturated heterocycles. The van der Waals surface area contributed by atoms with Gasteiger partial charge in [-0.05, 0) is 51.4 Å². The standard InChI is InChI=1S/C22H36O7/c1-15-27-14-19(28-15)22-16(9-5-3-4-6-10-20(24)25-2)17(23)13-18(22)29-21-11-7-8-12-26-21/h3,5,15-19,21-23H,4,6-14H2,1-2H3/t15?,16-,17-,18+,19-,21?,22+/m0/s1. The van der Waals surface area contributed by atoms with Crippen molar-refractivity contribution in [1.82, 2.24) is 0 Å². The lowest BCUT2D eigenvalue weighted by Crippen LogP contribution is -2.39. The molecule has 0 aromatic rings. The quantitative estimate of drug-likeness (QED) is 0.354. The van der Waals surface area contributed by atoms with Crippen LogP contribution in [0.4, 0.5) is 0 Å². The molecule has 0 amide bonds. The molecule has 166 valence electrons. The van der Waals surface area contributed by atoms with Crippen molar-refractivity contribution in [3.05, 3.63) is 12.2 Å². The second kappa shape index (κ2) is 11.4. The highest BCUT2D eigenvalue weighted by atomic mass is 16.7. The third kappa shape index (κ3) is 6.49. The fourth-order valence-electron chi connectivity index (χ4n) is 4.69. The molecule has 3 rings (SSSR count). The van der Waals surface area contributed by atoms with Gasteiger partial charge in [-0.25, -0.2) is 0 Å². The molecule has 0 bridgehead atoms. The van der Waals surface area contributed by atoms with Crippen LogP contribution >= 0.6 is 0 Å². The molecule has 3 aliphatic rings. The van der Waals surface area contributed by atoms with E-state index in [9.17, 15) is 9.90 Å². The Kier molecular flexibility index (Phi) is 8.93. The van der Waals surface area contributed by atoms with Crippen molar-refractivity contribution in [1.29, 1.82) is 0 Å². The number of unbranched alkanes of at least 4 members (excludes halogenated alkanes) is 1. The first-order valence-corrected chi connectivity index (χ1v) is 11.0. The summed E-state index contributed by atoms with van der Waals surface area (Å²) in [6, 6.07) is 0. The maximum Gasteiger partial charge on any atom is 0.305 e. The molecule has 0 spiro atoms. The van der Waals surface area contributed by atoms with Gasteiger partial charge in [-0.3, -0.25) is 4.79 Å². The number of aliphatic hydroxyl groups is 1. The predicted octanol–water partition coefficient (Wildman–Crippen LogP) is 2.95. The maximum atomic E-state index is 11.2. The van der Waals surface area contributed by atoms with Gasteiger partial charge in [0.05, 0.1) is 32.0 Å². The summed E-state index contributed by atoms with van der Waals surface area (Å²) < 4.78 is 28.4. The Balaban J connectivity index is 1.57. The fraction of sp³-hybridized carbons (Fsp3) is 0.864.